The highest BCUT2D eigenvalue weighted by Gasteiger charge is 2.37. The minimum Gasteiger partial charge on any atom is -0.454 e. The summed E-state index contributed by atoms with van der Waals surface area (Å²) in [6.07, 6.45) is 3.29. The van der Waals surface area contributed by atoms with Crippen LogP contribution in [0.2, 0.25) is 0 Å². The predicted octanol–water partition coefficient (Wildman–Crippen LogP) is 2.88. The maximum absolute atomic E-state index is 6.31. The van der Waals surface area contributed by atoms with Gasteiger partial charge < -0.3 is 15.2 Å². The zero-order chi connectivity index (χ0) is 12.9. The lowest BCUT2D eigenvalue weighted by Crippen LogP contribution is -2.43. The normalized spacial score (nSPS) is 19.2. The lowest BCUT2D eigenvalue weighted by molar-refractivity contribution is 0.174. The summed E-state index contributed by atoms with van der Waals surface area (Å²) >= 11 is 1.65. The van der Waals surface area contributed by atoms with Gasteiger partial charge in [0.2, 0.25) is 6.79 Å². The first-order valence-electron chi connectivity index (χ1n) is 6.40. The van der Waals surface area contributed by atoms with Gasteiger partial charge in [-0.3, -0.25) is 0 Å². The van der Waals surface area contributed by atoms with E-state index in [0.717, 1.165) is 40.6 Å². The Bertz CT molecular complexity index is 634. The van der Waals surface area contributed by atoms with Gasteiger partial charge in [0, 0.05) is 10.9 Å². The molecule has 0 radical (unpaired) electrons. The van der Waals surface area contributed by atoms with Gasteiger partial charge in [-0.2, -0.15) is 0 Å². The third-order valence-electron chi connectivity index (χ3n) is 3.84. The molecule has 5 heteroatoms. The largest absolute Gasteiger partial charge is 0.454 e. The molecule has 0 unspecified atom stereocenters. The number of rotatable bonds is 2. The fourth-order valence-corrected chi connectivity index (χ4v) is 3.46. The Morgan fingerprint density at radius 2 is 2.05 bits per heavy atom. The van der Waals surface area contributed by atoms with E-state index in [1.54, 1.807) is 11.3 Å². The molecule has 0 spiro atoms. The van der Waals surface area contributed by atoms with Gasteiger partial charge in [-0.1, -0.05) is 0 Å². The first-order valence-corrected chi connectivity index (χ1v) is 7.27. The summed E-state index contributed by atoms with van der Waals surface area (Å²) in [6.45, 7) is 0.299. The molecule has 2 aliphatic rings. The summed E-state index contributed by atoms with van der Waals surface area (Å²) < 4.78 is 10.7. The SMILES string of the molecule is NC1(c2nc(-c3ccc4c(c3)OCO4)cs2)CCC1. The average Bonchev–Trinajstić information content (AvgIpc) is 3.03. The molecule has 1 saturated carbocycles. The molecule has 2 N–H and O–H groups in total. The standard InChI is InChI=1S/C14H14N2O2S/c15-14(4-1-5-14)13-16-10(7-19-13)9-2-3-11-12(6-9)18-8-17-11/h2-3,6-7H,1,4-5,8,15H2. The second-order valence-electron chi connectivity index (χ2n) is 5.12. The van der Waals surface area contributed by atoms with Crippen molar-refractivity contribution in [1.29, 1.82) is 0 Å². The van der Waals surface area contributed by atoms with Crippen LogP contribution in [-0.2, 0) is 5.54 Å². The summed E-state index contributed by atoms with van der Waals surface area (Å²) in [5.41, 5.74) is 8.15. The number of nitrogens with two attached hydrogens (primary N) is 1. The van der Waals surface area contributed by atoms with E-state index < -0.39 is 0 Å². The molecule has 1 aromatic heterocycles. The van der Waals surface area contributed by atoms with Crippen molar-refractivity contribution in [3.8, 4) is 22.8 Å². The summed E-state index contributed by atoms with van der Waals surface area (Å²) in [6, 6.07) is 5.92. The Balaban J connectivity index is 1.69. The molecule has 1 aromatic carbocycles. The molecule has 0 amide bonds. The summed E-state index contributed by atoms with van der Waals surface area (Å²) in [5.74, 6) is 1.59. The smallest absolute Gasteiger partial charge is 0.231 e. The van der Waals surface area contributed by atoms with Gasteiger partial charge in [-0.05, 0) is 37.5 Å². The molecule has 2 aromatic rings. The molecular formula is C14H14N2O2S. The zero-order valence-electron chi connectivity index (χ0n) is 10.4. The lowest BCUT2D eigenvalue weighted by Gasteiger charge is -2.35. The van der Waals surface area contributed by atoms with Crippen LogP contribution >= 0.6 is 11.3 Å². The fraction of sp³-hybridized carbons (Fsp3) is 0.357. The minimum atomic E-state index is -0.181. The Kier molecular flexibility index (Phi) is 2.34. The molecule has 98 valence electrons. The first-order chi connectivity index (χ1) is 9.24. The topological polar surface area (TPSA) is 57.4 Å². The van der Waals surface area contributed by atoms with Crippen LogP contribution in [0, 0.1) is 0 Å². The molecule has 4 rings (SSSR count). The highest BCUT2D eigenvalue weighted by molar-refractivity contribution is 7.10. The van der Waals surface area contributed by atoms with Crippen LogP contribution in [0.1, 0.15) is 24.3 Å². The zero-order valence-corrected chi connectivity index (χ0v) is 11.2. The van der Waals surface area contributed by atoms with Crippen molar-refractivity contribution in [1.82, 2.24) is 4.98 Å². The average molecular weight is 274 g/mol. The van der Waals surface area contributed by atoms with E-state index in [4.69, 9.17) is 20.2 Å². The monoisotopic (exact) mass is 274 g/mol. The van der Waals surface area contributed by atoms with Crippen molar-refractivity contribution in [3.63, 3.8) is 0 Å². The second-order valence-corrected chi connectivity index (χ2v) is 5.97. The molecule has 1 aliphatic heterocycles. The highest BCUT2D eigenvalue weighted by atomic mass is 32.1. The Labute approximate surface area is 115 Å². The summed E-state index contributed by atoms with van der Waals surface area (Å²) in [5, 5.41) is 3.12. The van der Waals surface area contributed by atoms with E-state index in [0.29, 0.717) is 6.79 Å². The number of hydrogen-bond acceptors (Lipinski definition) is 5. The van der Waals surface area contributed by atoms with Crippen LogP contribution in [0.15, 0.2) is 23.6 Å². The number of thiazole rings is 1. The van der Waals surface area contributed by atoms with Gasteiger partial charge in [-0.15, -0.1) is 11.3 Å². The van der Waals surface area contributed by atoms with Gasteiger partial charge in [0.25, 0.3) is 0 Å². The molecule has 0 bridgehead atoms. The molecule has 0 atom stereocenters. The molecule has 2 heterocycles. The van der Waals surface area contributed by atoms with Crippen molar-refractivity contribution in [2.45, 2.75) is 24.8 Å². The Morgan fingerprint density at radius 3 is 2.84 bits per heavy atom. The number of benzene rings is 1. The van der Waals surface area contributed by atoms with E-state index in [-0.39, 0.29) is 5.54 Å². The summed E-state index contributed by atoms with van der Waals surface area (Å²) in [4.78, 5) is 4.70. The second kappa shape index (κ2) is 3.95. The maximum atomic E-state index is 6.31. The van der Waals surface area contributed by atoms with Crippen molar-refractivity contribution in [3.05, 3.63) is 28.6 Å². The van der Waals surface area contributed by atoms with Gasteiger partial charge in [-0.25, -0.2) is 4.98 Å². The van der Waals surface area contributed by atoms with Crippen LogP contribution < -0.4 is 15.2 Å². The van der Waals surface area contributed by atoms with Crippen molar-refractivity contribution >= 4 is 11.3 Å². The number of fused-ring (bicyclic) bond motifs is 1. The van der Waals surface area contributed by atoms with E-state index in [9.17, 15) is 0 Å². The maximum Gasteiger partial charge on any atom is 0.231 e. The van der Waals surface area contributed by atoms with Gasteiger partial charge in [0.15, 0.2) is 11.5 Å². The highest BCUT2D eigenvalue weighted by Crippen LogP contribution is 2.42. The number of nitrogens with zero attached hydrogens (tertiary/aromatic N) is 1. The van der Waals surface area contributed by atoms with Crippen LogP contribution in [0.3, 0.4) is 0 Å². The minimum absolute atomic E-state index is 0.181. The molecule has 0 saturated heterocycles. The van der Waals surface area contributed by atoms with Crippen LogP contribution in [0.4, 0.5) is 0 Å². The predicted molar refractivity (Wildman–Crippen MR) is 73.4 cm³/mol. The van der Waals surface area contributed by atoms with E-state index in [1.165, 1.54) is 6.42 Å². The van der Waals surface area contributed by atoms with Gasteiger partial charge >= 0.3 is 0 Å². The third-order valence-corrected chi connectivity index (χ3v) is 4.91. The first kappa shape index (κ1) is 11.3. The fourth-order valence-electron chi connectivity index (χ4n) is 2.46. The van der Waals surface area contributed by atoms with E-state index in [1.807, 2.05) is 18.2 Å². The number of ether oxygens (including phenoxy) is 2. The van der Waals surface area contributed by atoms with Crippen LogP contribution in [-0.4, -0.2) is 11.8 Å². The lowest BCUT2D eigenvalue weighted by atomic mass is 9.78. The Hall–Kier alpha value is -1.59. The van der Waals surface area contributed by atoms with Crippen molar-refractivity contribution < 1.29 is 9.47 Å². The van der Waals surface area contributed by atoms with Gasteiger partial charge in [0.05, 0.1) is 11.2 Å². The number of aromatic nitrogens is 1. The summed E-state index contributed by atoms with van der Waals surface area (Å²) in [7, 11) is 0. The van der Waals surface area contributed by atoms with E-state index in [2.05, 4.69) is 5.38 Å². The van der Waals surface area contributed by atoms with Crippen molar-refractivity contribution in [2.75, 3.05) is 6.79 Å². The molecule has 4 nitrogen and oxygen atoms in total. The molecular weight excluding hydrogens is 260 g/mol. The van der Waals surface area contributed by atoms with Crippen LogP contribution in [0.25, 0.3) is 11.3 Å². The number of hydrogen-bond donors (Lipinski definition) is 1. The molecule has 19 heavy (non-hydrogen) atoms. The quantitative estimate of drug-likeness (QED) is 0.915. The Morgan fingerprint density at radius 1 is 1.21 bits per heavy atom. The van der Waals surface area contributed by atoms with Crippen LogP contribution in [0.5, 0.6) is 11.5 Å². The van der Waals surface area contributed by atoms with Gasteiger partial charge in [0.1, 0.15) is 5.01 Å². The third kappa shape index (κ3) is 1.73. The molecule has 1 aliphatic carbocycles. The van der Waals surface area contributed by atoms with Crippen molar-refractivity contribution in [2.24, 2.45) is 5.73 Å². The van der Waals surface area contributed by atoms with E-state index >= 15 is 0 Å². The molecule has 1 fully saturated rings.